The number of nitrogens with zero attached hydrogens (tertiary/aromatic N) is 4. The number of hydrogen-bond acceptors (Lipinski definition) is 3. The van der Waals surface area contributed by atoms with Gasteiger partial charge in [-0.05, 0) is 12.1 Å². The summed E-state index contributed by atoms with van der Waals surface area (Å²) in [5.74, 6) is 0.782. The molecule has 2 N–H and O–H groups in total. The Bertz CT molecular complexity index is 546. The highest BCUT2D eigenvalue weighted by Crippen LogP contribution is 1.95. The van der Waals surface area contributed by atoms with Gasteiger partial charge in [0.15, 0.2) is 5.96 Å². The van der Waals surface area contributed by atoms with Gasteiger partial charge in [-0.15, -0.1) is 0 Å². The molecule has 0 saturated carbocycles. The van der Waals surface area contributed by atoms with Crippen LogP contribution < -0.4 is 10.6 Å². The van der Waals surface area contributed by atoms with Gasteiger partial charge in [0.1, 0.15) is 0 Å². The monoisotopic (exact) mass is 272 g/mol. The van der Waals surface area contributed by atoms with E-state index in [4.69, 9.17) is 0 Å². The van der Waals surface area contributed by atoms with E-state index in [9.17, 15) is 0 Å². The maximum absolute atomic E-state index is 4.29. The number of nitrogens with one attached hydrogen (secondary N) is 2. The average molecular weight is 272 g/mol. The minimum Gasteiger partial charge on any atom is -0.356 e. The van der Waals surface area contributed by atoms with Crippen LogP contribution in [0.4, 0.5) is 0 Å². The van der Waals surface area contributed by atoms with Crippen LogP contribution in [0.25, 0.3) is 0 Å². The predicted molar refractivity (Wildman–Crippen MR) is 79.4 cm³/mol. The molecule has 0 aromatic carbocycles. The van der Waals surface area contributed by atoms with Crippen LogP contribution in [0.15, 0.2) is 41.8 Å². The number of guanidine groups is 1. The number of pyridine rings is 1. The fraction of sp³-hybridized carbons (Fsp3) is 0.357. The van der Waals surface area contributed by atoms with Crippen molar-refractivity contribution < 1.29 is 0 Å². The van der Waals surface area contributed by atoms with Gasteiger partial charge in [0, 0.05) is 57.3 Å². The summed E-state index contributed by atoms with van der Waals surface area (Å²) in [7, 11) is 3.67. The van der Waals surface area contributed by atoms with Crippen molar-refractivity contribution in [2.45, 2.75) is 13.0 Å². The second-order valence-corrected chi connectivity index (χ2v) is 4.45. The van der Waals surface area contributed by atoms with Crippen LogP contribution in [0.2, 0.25) is 0 Å². The number of hydrogen-bond donors (Lipinski definition) is 2. The molecule has 0 radical (unpaired) electrons. The largest absolute Gasteiger partial charge is 0.356 e. The maximum Gasteiger partial charge on any atom is 0.191 e. The minimum atomic E-state index is 0.705. The molecule has 0 atom stereocenters. The zero-order chi connectivity index (χ0) is 14.2. The van der Waals surface area contributed by atoms with Crippen LogP contribution in [0.1, 0.15) is 11.3 Å². The van der Waals surface area contributed by atoms with Gasteiger partial charge in [-0.3, -0.25) is 14.7 Å². The van der Waals surface area contributed by atoms with E-state index in [1.807, 2.05) is 43.8 Å². The lowest BCUT2D eigenvalue weighted by molar-refractivity contribution is 0.763. The Kier molecular flexibility index (Phi) is 5.11. The maximum atomic E-state index is 4.29. The third-order valence-electron chi connectivity index (χ3n) is 2.84. The zero-order valence-electron chi connectivity index (χ0n) is 11.9. The topological polar surface area (TPSA) is 67.1 Å². The molecule has 0 unspecified atom stereocenters. The van der Waals surface area contributed by atoms with E-state index < -0.39 is 0 Å². The van der Waals surface area contributed by atoms with Gasteiger partial charge >= 0.3 is 0 Å². The fourth-order valence-corrected chi connectivity index (χ4v) is 1.82. The summed E-state index contributed by atoms with van der Waals surface area (Å²) >= 11 is 0. The van der Waals surface area contributed by atoms with Crippen LogP contribution >= 0.6 is 0 Å². The Morgan fingerprint density at radius 3 is 2.90 bits per heavy atom. The van der Waals surface area contributed by atoms with E-state index in [0.717, 1.165) is 30.2 Å². The number of aryl methyl sites for hydroxylation is 1. The first-order chi connectivity index (χ1) is 9.78. The molecule has 6 heteroatoms. The molecule has 0 spiro atoms. The summed E-state index contributed by atoms with van der Waals surface area (Å²) in [6, 6.07) is 5.94. The molecule has 0 saturated heterocycles. The Balaban J connectivity index is 1.73. The van der Waals surface area contributed by atoms with E-state index in [2.05, 4.69) is 25.7 Å². The fourth-order valence-electron chi connectivity index (χ4n) is 1.82. The minimum absolute atomic E-state index is 0.705. The molecular weight excluding hydrogens is 252 g/mol. The molecule has 0 aliphatic carbocycles. The Hall–Kier alpha value is -2.37. The Labute approximate surface area is 119 Å². The quantitative estimate of drug-likeness (QED) is 0.622. The van der Waals surface area contributed by atoms with Crippen LogP contribution in [0.3, 0.4) is 0 Å². The van der Waals surface area contributed by atoms with Crippen molar-refractivity contribution in [3.63, 3.8) is 0 Å². The summed E-state index contributed by atoms with van der Waals surface area (Å²) < 4.78 is 1.79. The number of aliphatic imine (C=N–C) groups is 1. The molecule has 20 heavy (non-hydrogen) atoms. The average Bonchev–Trinajstić information content (AvgIpc) is 2.89. The lowest BCUT2D eigenvalue weighted by atomic mass is 10.3. The summed E-state index contributed by atoms with van der Waals surface area (Å²) in [5.41, 5.74) is 2.20. The number of aromatic nitrogens is 3. The van der Waals surface area contributed by atoms with Crippen LogP contribution in [-0.4, -0.2) is 34.3 Å². The predicted octanol–water partition coefficient (Wildman–Crippen LogP) is 0.723. The summed E-state index contributed by atoms with van der Waals surface area (Å²) in [4.78, 5) is 8.47. The molecule has 2 rings (SSSR count). The molecule has 2 aromatic rings. The van der Waals surface area contributed by atoms with Crippen LogP contribution in [0, 0.1) is 0 Å². The van der Waals surface area contributed by atoms with Gasteiger partial charge in [0.2, 0.25) is 0 Å². The number of rotatable bonds is 5. The molecule has 2 aromatic heterocycles. The van der Waals surface area contributed by atoms with Crippen molar-refractivity contribution in [3.05, 3.63) is 48.0 Å². The molecular formula is C14H20N6. The van der Waals surface area contributed by atoms with E-state index in [-0.39, 0.29) is 0 Å². The van der Waals surface area contributed by atoms with Gasteiger partial charge in [-0.2, -0.15) is 5.10 Å². The molecule has 0 aliphatic heterocycles. The molecule has 0 aliphatic rings. The van der Waals surface area contributed by atoms with Gasteiger partial charge in [-0.1, -0.05) is 6.07 Å². The van der Waals surface area contributed by atoms with Crippen LogP contribution in [-0.2, 0) is 20.0 Å². The van der Waals surface area contributed by atoms with Crippen molar-refractivity contribution in [3.8, 4) is 0 Å². The molecule has 0 amide bonds. The Morgan fingerprint density at radius 2 is 2.25 bits per heavy atom. The third kappa shape index (κ3) is 4.38. The van der Waals surface area contributed by atoms with Crippen molar-refractivity contribution in [1.29, 1.82) is 0 Å². The normalized spacial score (nSPS) is 11.4. The highest BCUT2D eigenvalue weighted by molar-refractivity contribution is 5.79. The van der Waals surface area contributed by atoms with Gasteiger partial charge in [0.25, 0.3) is 0 Å². The first-order valence-corrected chi connectivity index (χ1v) is 6.60. The van der Waals surface area contributed by atoms with E-state index in [0.29, 0.717) is 6.54 Å². The molecule has 2 heterocycles. The lowest BCUT2D eigenvalue weighted by Gasteiger charge is -2.10. The second-order valence-electron chi connectivity index (χ2n) is 4.45. The van der Waals surface area contributed by atoms with E-state index >= 15 is 0 Å². The second kappa shape index (κ2) is 7.28. The molecule has 0 fully saturated rings. The Morgan fingerprint density at radius 1 is 1.35 bits per heavy atom. The van der Waals surface area contributed by atoms with Crippen molar-refractivity contribution in [2.75, 3.05) is 13.6 Å². The summed E-state index contributed by atoms with van der Waals surface area (Å²) in [5, 5.41) is 10.6. The molecule has 6 nitrogen and oxygen atoms in total. The summed E-state index contributed by atoms with van der Waals surface area (Å²) in [6.07, 6.45) is 6.50. The molecule has 0 bridgehead atoms. The van der Waals surface area contributed by atoms with Crippen molar-refractivity contribution in [1.82, 2.24) is 25.4 Å². The standard InChI is InChI=1S/C14H20N6/c1-15-14(18-9-12-10-19-20(2)11-12)17-8-6-13-5-3-4-7-16-13/h3-5,7,10-11H,6,8-9H2,1-2H3,(H2,15,17,18). The van der Waals surface area contributed by atoms with E-state index in [1.54, 1.807) is 11.7 Å². The smallest absolute Gasteiger partial charge is 0.191 e. The van der Waals surface area contributed by atoms with Gasteiger partial charge in [0.05, 0.1) is 6.20 Å². The first kappa shape index (κ1) is 14.0. The van der Waals surface area contributed by atoms with Crippen molar-refractivity contribution >= 4 is 5.96 Å². The lowest BCUT2D eigenvalue weighted by Crippen LogP contribution is -2.37. The van der Waals surface area contributed by atoms with E-state index in [1.165, 1.54) is 0 Å². The highest BCUT2D eigenvalue weighted by Gasteiger charge is 2.00. The van der Waals surface area contributed by atoms with Crippen LogP contribution in [0.5, 0.6) is 0 Å². The third-order valence-corrected chi connectivity index (χ3v) is 2.84. The first-order valence-electron chi connectivity index (χ1n) is 6.60. The zero-order valence-corrected chi connectivity index (χ0v) is 11.9. The molecule has 106 valence electrons. The van der Waals surface area contributed by atoms with Crippen molar-refractivity contribution in [2.24, 2.45) is 12.0 Å². The SMILES string of the molecule is CN=C(NCCc1ccccn1)NCc1cnn(C)c1. The van der Waals surface area contributed by atoms with Gasteiger partial charge in [-0.25, -0.2) is 0 Å². The summed E-state index contributed by atoms with van der Waals surface area (Å²) in [6.45, 7) is 1.50. The highest BCUT2D eigenvalue weighted by atomic mass is 15.2. The van der Waals surface area contributed by atoms with Gasteiger partial charge < -0.3 is 10.6 Å².